The second-order valence-electron chi connectivity index (χ2n) is 35.1. The van der Waals surface area contributed by atoms with Crippen molar-refractivity contribution >= 4 is 298 Å². The Morgan fingerprint density at radius 2 is 0.787 bits per heavy atom. The number of carboxylic acids is 1. The predicted molar refractivity (Wildman–Crippen MR) is 545 cm³/mol. The third kappa shape index (κ3) is 27.5. The second-order valence-corrected chi connectivity index (χ2v) is 35.1. The van der Waals surface area contributed by atoms with E-state index in [9.17, 15) is 56.3 Å². The molecule has 0 spiro atoms. The van der Waals surface area contributed by atoms with Crippen molar-refractivity contribution in [2.45, 2.75) is 141 Å². The molecular formula is C72H77B30F3Li2N18O11. The Balaban J connectivity index is 0.000000232. The van der Waals surface area contributed by atoms with Crippen LogP contribution in [0.2, 0.25) is 24.3 Å². The summed E-state index contributed by atoms with van der Waals surface area (Å²) in [7, 11) is 87.7. The number of Topliss-reactive ketones (excluding diaryl/α,β-unsaturated/α-hetero) is 3. The van der Waals surface area contributed by atoms with Crippen molar-refractivity contribution in [2.24, 2.45) is 0 Å². The molecule has 0 bridgehead atoms. The van der Waals surface area contributed by atoms with E-state index in [4.69, 9.17) is 121 Å². The number of hydrogen-bond donors (Lipinski definition) is 5. The third-order valence-electron chi connectivity index (χ3n) is 25.2. The monoisotopic (exact) mass is 1770 g/mol. The number of aliphatic carboxylic acids is 1. The van der Waals surface area contributed by atoms with E-state index in [-0.39, 0.29) is 194 Å². The summed E-state index contributed by atoms with van der Waals surface area (Å²) in [6.45, 7) is 9.58. The zero-order valence-electron chi connectivity index (χ0n) is 78.0. The maximum atomic E-state index is 14.6. The van der Waals surface area contributed by atoms with Crippen molar-refractivity contribution in [3.05, 3.63) is 138 Å². The van der Waals surface area contributed by atoms with Crippen molar-refractivity contribution in [3.63, 3.8) is 0 Å². The number of benzene rings is 3. The number of nitrogens with one attached hydrogen (secondary N) is 4. The molecule has 5 saturated heterocycles. The average molecular weight is 1770 g/mol. The van der Waals surface area contributed by atoms with E-state index in [0.717, 1.165) is 51.5 Å². The van der Waals surface area contributed by atoms with Crippen LogP contribution >= 0.6 is 0 Å². The van der Waals surface area contributed by atoms with Crippen LogP contribution in [0.25, 0.3) is 66.1 Å². The number of halogens is 3. The quantitative estimate of drug-likeness (QED) is 0.0188. The van der Waals surface area contributed by atoms with Crippen LogP contribution in [0, 0.1) is 20.8 Å². The SMILES string of the molecule is CC(=O)c1nn(CC(=O)O)c2ccc(-c3cnc(C)nc3)cc12.[B]B([B])B([B])B(B([B])[B])B1C=C1CNC(=O)[C@@H]1C[C@@H](F)CN1.[B]B([B])B([B])B(B([B])[B])B1CC1CNC(=O)[C@@H]1C[C@@H](F)CN1C(=O)Cn1nc(C(C)=O)c2cc(-c3cnc(C)nc3)ccc21.[B]B([B])B([B])B(B([B])[B])B1CC1CNC(=O)[C@@H]1C[C@@H](F)CN1C(=O)Cn1nc(C(C)=O)c2cc(-c3cnc(C)nc3)ccc21.[H-].[Li+].[Li+].[OH-]. The average Bonchev–Trinajstić information content (AvgIpc) is 1.62. The zero-order valence-corrected chi connectivity index (χ0v) is 77.0. The summed E-state index contributed by atoms with van der Waals surface area (Å²) in [5, 5.41) is 35.0. The van der Waals surface area contributed by atoms with Gasteiger partial charge < -0.3 is 43.1 Å². The van der Waals surface area contributed by atoms with E-state index >= 15 is 0 Å². The summed E-state index contributed by atoms with van der Waals surface area (Å²) < 4.78 is 46.4. The molecular weight excluding hydrogens is 1690 g/mol. The molecule has 6 aromatic heterocycles. The fraction of sp³-hybridized carbons (Fsp3) is 0.389. The smallest absolute Gasteiger partial charge is 1.00 e. The van der Waals surface area contributed by atoms with Crippen LogP contribution in [-0.4, -0.2) is 421 Å². The van der Waals surface area contributed by atoms with Gasteiger partial charge in [0.1, 0.15) is 91.4 Å². The maximum absolute atomic E-state index is 14.6. The van der Waals surface area contributed by atoms with Gasteiger partial charge in [0.05, 0.1) is 48.9 Å². The van der Waals surface area contributed by atoms with Crippen LogP contribution in [0.15, 0.2) is 103 Å². The first-order valence-electron chi connectivity index (χ1n) is 43.7. The number of likely N-dealkylation sites (tertiary alicyclic amines) is 2. The zero-order chi connectivity index (χ0) is 96.7. The van der Waals surface area contributed by atoms with E-state index in [1.54, 1.807) is 88.3 Å². The summed E-state index contributed by atoms with van der Waals surface area (Å²) >= 11 is 0. The Labute approximate surface area is 840 Å². The number of fused-ring (bicyclic) bond motifs is 3. The molecule has 0 saturated carbocycles. The molecule has 6 aliphatic rings. The van der Waals surface area contributed by atoms with E-state index in [0.29, 0.717) is 69.8 Å². The number of carboxylic acid groups (broad SMARTS) is 1. The van der Waals surface area contributed by atoms with Crippen LogP contribution in [-0.2, 0) is 48.4 Å². The molecule has 2 unspecified atom stereocenters. The molecule has 6 aliphatic heterocycles. The van der Waals surface area contributed by atoms with Crippen molar-refractivity contribution in [1.82, 2.24) is 90.3 Å². The van der Waals surface area contributed by atoms with Crippen LogP contribution in [0.1, 0.15) is 90.4 Å². The number of carbonyl (C=O) groups is 9. The Hall–Kier alpha value is -8.27. The van der Waals surface area contributed by atoms with Gasteiger partial charge in [0.25, 0.3) is 0 Å². The van der Waals surface area contributed by atoms with Gasteiger partial charge in [-0.1, -0.05) is 42.5 Å². The van der Waals surface area contributed by atoms with Gasteiger partial charge in [-0.05, 0) is 73.9 Å². The first kappa shape index (κ1) is 111. The van der Waals surface area contributed by atoms with Gasteiger partial charge in [0, 0.05) is 329 Å². The molecule has 6 N–H and O–H groups in total. The number of nitrogens with zero attached hydrogens (tertiary/aromatic N) is 14. The van der Waals surface area contributed by atoms with Crippen molar-refractivity contribution in [2.75, 3.05) is 39.3 Å². The van der Waals surface area contributed by atoms with Crippen LogP contribution in [0.4, 0.5) is 13.2 Å². The number of rotatable bonds is 33. The van der Waals surface area contributed by atoms with Crippen LogP contribution < -0.4 is 59.0 Å². The molecule has 634 valence electrons. The Morgan fingerprint density at radius 1 is 0.456 bits per heavy atom. The van der Waals surface area contributed by atoms with Gasteiger partial charge in [0.15, 0.2) is 17.3 Å². The molecule has 5 amide bonds. The minimum Gasteiger partial charge on any atom is -1.00 e. The van der Waals surface area contributed by atoms with Crippen molar-refractivity contribution in [1.29, 1.82) is 0 Å². The normalized spacial score (nSPS) is 17.9. The minimum atomic E-state index is -1.35. The van der Waals surface area contributed by atoms with Gasteiger partial charge in [-0.15, -0.1) is 11.4 Å². The Kier molecular flexibility index (Phi) is 39.9. The number of aromatic nitrogens is 12. The molecule has 15 rings (SSSR count). The fourth-order valence-electron chi connectivity index (χ4n) is 17.8. The number of hydrogen-bond acceptors (Lipinski definition) is 20. The van der Waals surface area contributed by atoms with E-state index in [1.807, 2.05) is 30.2 Å². The van der Waals surface area contributed by atoms with Crippen LogP contribution in [0.5, 0.6) is 0 Å². The van der Waals surface area contributed by atoms with Gasteiger partial charge in [0.2, 0.25) is 29.5 Å². The molecule has 5 fully saturated rings. The molecule has 29 nitrogen and oxygen atoms in total. The van der Waals surface area contributed by atoms with Gasteiger partial charge in [-0.2, -0.15) is 15.3 Å². The topological polar surface area (TPSA) is 389 Å². The first-order chi connectivity index (χ1) is 63.0. The number of aryl methyl sites for hydroxylation is 3. The molecule has 64 heteroatoms. The maximum Gasteiger partial charge on any atom is 1.00 e. The number of alkyl halides is 3. The molecule has 3 aromatic carbocycles. The number of amides is 5. The standard InChI is InChI=1S/2C24H25B10FN6O3.C16H14N4O3.C8H11B10FN2O.2Li.H2O.H/c2*1-13(42)23-19-5-15(16-8-36-14(2)37-9-16)3-4-20(19)41(39-23)12-22(43)40-11-18(35)6-21(40)24(44)38-10-17-7-30(17)34(32(27)28)33(29)31(25)26;1-9(21)16-13-5-11(12-6-17-10(2)18-7-12)3-4-14(13)20(19-16)8-15(22)23;9-15(10)17(13)18(16(11)12)14-2-5(14)3-21-8(22)7-1-6(19)4-20-7;;;;/h2*3-5,8-9,17-18,21H,6-7,10-12H2,1-2H3,(H,38,44);3-7H,8H2,1-2H3,(H,22,23);2,6-7,20H,1,3-4H2,(H,21,22);;;1H2;/q;;;;2*+1;;-1/p-1/t2*17?,18-,21+;;6-,7+;;;;/m11.1..../s1. The minimum absolute atomic E-state index is 0. The first-order valence-corrected chi connectivity index (χ1v) is 43.7. The van der Waals surface area contributed by atoms with E-state index < -0.39 is 124 Å². The van der Waals surface area contributed by atoms with Crippen LogP contribution in [0.3, 0.4) is 0 Å². The molecule has 12 heterocycles. The third-order valence-corrected chi connectivity index (χ3v) is 25.2. The molecule has 30 radical (unpaired) electrons. The van der Waals surface area contributed by atoms with Crippen molar-refractivity contribution in [3.8, 4) is 33.4 Å². The van der Waals surface area contributed by atoms with Gasteiger partial charge in [-0.3, -0.25) is 57.2 Å². The van der Waals surface area contributed by atoms with E-state index in [1.165, 1.54) is 44.6 Å². The predicted octanol–water partition coefficient (Wildman–Crippen LogP) is -10.9. The summed E-state index contributed by atoms with van der Waals surface area (Å²) in [5.74, 6) is 0.171. The summed E-state index contributed by atoms with van der Waals surface area (Å²) in [6.07, 6.45) is 0.954. The number of carbonyl (C=O) groups excluding carboxylic acids is 8. The summed E-state index contributed by atoms with van der Waals surface area (Å²) in [4.78, 5) is 141. The van der Waals surface area contributed by atoms with Gasteiger partial charge >= 0.3 is 43.7 Å². The summed E-state index contributed by atoms with van der Waals surface area (Å²) in [5.41, 5.74) is 8.13. The molecule has 8 atom stereocenters. The van der Waals surface area contributed by atoms with E-state index in [2.05, 4.69) is 66.5 Å². The largest absolute Gasteiger partial charge is 1.00 e. The Bertz CT molecular complexity index is 5620. The molecule has 9 aromatic rings. The number of ketones is 3. The van der Waals surface area contributed by atoms with Crippen molar-refractivity contribution < 1.29 is 106 Å². The Morgan fingerprint density at radius 3 is 1.09 bits per heavy atom. The molecule has 136 heavy (non-hydrogen) atoms. The van der Waals surface area contributed by atoms with Gasteiger partial charge in [-0.25, -0.2) is 43.1 Å². The fourth-order valence-corrected chi connectivity index (χ4v) is 17.8. The molecule has 0 aliphatic carbocycles. The summed E-state index contributed by atoms with van der Waals surface area (Å²) in [6, 6.07) is 13.8. The second kappa shape index (κ2) is 48.7.